The molecule has 27 heavy (non-hydrogen) atoms. The Hall–Kier alpha value is -2.81. The molecule has 2 amide bonds. The van der Waals surface area contributed by atoms with E-state index in [-0.39, 0.29) is 11.7 Å². The van der Waals surface area contributed by atoms with Crippen molar-refractivity contribution in [2.75, 3.05) is 31.5 Å². The van der Waals surface area contributed by atoms with Crippen molar-refractivity contribution in [2.24, 2.45) is 0 Å². The van der Waals surface area contributed by atoms with Gasteiger partial charge in [-0.1, -0.05) is 0 Å². The van der Waals surface area contributed by atoms with Crippen LogP contribution in [-0.4, -0.2) is 48.9 Å². The molecule has 1 fully saturated rings. The molecule has 0 unspecified atom stereocenters. The van der Waals surface area contributed by atoms with Gasteiger partial charge in [-0.3, -0.25) is 9.59 Å². The zero-order valence-corrected chi connectivity index (χ0v) is 14.6. The summed E-state index contributed by atoms with van der Waals surface area (Å²) < 4.78 is 45.1. The first-order valence-electron chi connectivity index (χ1n) is 8.50. The topological polar surface area (TPSA) is 67.0 Å². The Balaban J connectivity index is 1.57. The van der Waals surface area contributed by atoms with Crippen molar-refractivity contribution in [1.82, 2.24) is 4.90 Å². The molecule has 1 aromatic heterocycles. The Bertz CT molecular complexity index is 834. The number of hydrogen-bond donors (Lipinski definition) is 2. The molecule has 3 rings (SSSR count). The van der Waals surface area contributed by atoms with Gasteiger partial charge in [0.05, 0.1) is 38.1 Å². The van der Waals surface area contributed by atoms with Gasteiger partial charge in [-0.15, -0.1) is 0 Å². The Labute approximate surface area is 153 Å². The fourth-order valence-corrected chi connectivity index (χ4v) is 3.03. The Morgan fingerprint density at radius 3 is 2.48 bits per heavy atom. The van der Waals surface area contributed by atoms with E-state index in [4.69, 9.17) is 4.42 Å². The van der Waals surface area contributed by atoms with Crippen LogP contribution in [0.1, 0.15) is 17.5 Å². The van der Waals surface area contributed by atoms with Gasteiger partial charge in [-0.2, -0.15) is 0 Å². The zero-order valence-electron chi connectivity index (χ0n) is 14.6. The summed E-state index contributed by atoms with van der Waals surface area (Å²) in [6.45, 7) is 3.56. The molecule has 0 saturated carbocycles. The van der Waals surface area contributed by atoms with Crippen molar-refractivity contribution in [2.45, 2.75) is 13.0 Å². The predicted molar refractivity (Wildman–Crippen MR) is 89.7 cm³/mol. The van der Waals surface area contributed by atoms with Gasteiger partial charge in [0.25, 0.3) is 11.8 Å². The van der Waals surface area contributed by atoms with Gasteiger partial charge in [0, 0.05) is 0 Å². The normalized spacial score (nSPS) is 16.2. The Morgan fingerprint density at radius 1 is 1.15 bits per heavy atom. The average Bonchev–Trinajstić information content (AvgIpc) is 3.22. The van der Waals surface area contributed by atoms with Gasteiger partial charge < -0.3 is 19.5 Å². The molecule has 0 bridgehead atoms. The molecule has 1 aromatic carbocycles. The lowest BCUT2D eigenvalue weighted by Gasteiger charge is -2.34. The van der Waals surface area contributed by atoms with E-state index in [2.05, 4.69) is 5.32 Å². The third-order valence-corrected chi connectivity index (χ3v) is 4.72. The number of halogens is 3. The number of quaternary nitrogens is 1. The molecule has 2 aromatic rings. The molecule has 2 N–H and O–H groups in total. The highest BCUT2D eigenvalue weighted by atomic mass is 19.2. The minimum absolute atomic E-state index is 0.208. The quantitative estimate of drug-likeness (QED) is 0.778. The second-order valence-corrected chi connectivity index (χ2v) is 6.36. The van der Waals surface area contributed by atoms with Gasteiger partial charge in [-0.05, 0) is 31.2 Å². The molecule has 9 heteroatoms. The largest absolute Gasteiger partial charge is 0.459 e. The number of hydrogen-bond acceptors (Lipinski definition) is 3. The first-order chi connectivity index (χ1) is 12.9. The molecule has 0 radical (unpaired) electrons. The summed E-state index contributed by atoms with van der Waals surface area (Å²) in [7, 11) is 0. The molecule has 1 atom stereocenters. The maximum absolute atomic E-state index is 13.7. The molecule has 1 aliphatic heterocycles. The lowest BCUT2D eigenvalue weighted by atomic mass is 10.2. The highest BCUT2D eigenvalue weighted by Crippen LogP contribution is 2.19. The summed E-state index contributed by atoms with van der Waals surface area (Å²) in [5, 5.41) is 2.29. The smallest absolute Gasteiger partial charge is 0.289 e. The van der Waals surface area contributed by atoms with Crippen molar-refractivity contribution in [3.63, 3.8) is 0 Å². The number of nitrogens with zero attached hydrogens (tertiary/aromatic N) is 1. The van der Waals surface area contributed by atoms with E-state index in [1.165, 1.54) is 6.26 Å². The summed E-state index contributed by atoms with van der Waals surface area (Å²) >= 11 is 0. The number of rotatable bonds is 4. The molecule has 6 nitrogen and oxygen atoms in total. The van der Waals surface area contributed by atoms with Crippen LogP contribution in [0, 0.1) is 17.5 Å². The van der Waals surface area contributed by atoms with Crippen molar-refractivity contribution >= 4 is 17.5 Å². The van der Waals surface area contributed by atoms with Gasteiger partial charge in [-0.25, -0.2) is 13.2 Å². The Kier molecular flexibility index (Phi) is 5.50. The van der Waals surface area contributed by atoms with Crippen LogP contribution in [0.25, 0.3) is 0 Å². The maximum Gasteiger partial charge on any atom is 0.289 e. The van der Waals surface area contributed by atoms with Crippen molar-refractivity contribution in [1.29, 1.82) is 0 Å². The minimum Gasteiger partial charge on any atom is -0.459 e. The van der Waals surface area contributed by atoms with E-state index in [1.54, 1.807) is 24.0 Å². The van der Waals surface area contributed by atoms with Crippen LogP contribution in [0.3, 0.4) is 0 Å². The fourth-order valence-electron chi connectivity index (χ4n) is 3.03. The lowest BCUT2D eigenvalue weighted by molar-refractivity contribution is -0.917. The average molecular weight is 382 g/mol. The third-order valence-electron chi connectivity index (χ3n) is 4.72. The van der Waals surface area contributed by atoms with E-state index >= 15 is 0 Å². The van der Waals surface area contributed by atoms with Crippen LogP contribution in [0.2, 0.25) is 0 Å². The number of amides is 2. The number of furan rings is 1. The van der Waals surface area contributed by atoms with Crippen molar-refractivity contribution in [3.05, 3.63) is 53.7 Å². The molecular formula is C18H19F3N3O3+. The SMILES string of the molecule is C[C@H](C(=O)Nc1ccc(F)c(F)c1F)[NH+]1CCN(C(=O)c2ccco2)CC1. The van der Waals surface area contributed by atoms with Crippen LogP contribution in [0.5, 0.6) is 0 Å². The molecule has 1 aliphatic rings. The second-order valence-electron chi connectivity index (χ2n) is 6.36. The van der Waals surface area contributed by atoms with Crippen molar-refractivity contribution in [3.8, 4) is 0 Å². The number of anilines is 1. The first kappa shape index (κ1) is 19.0. The second kappa shape index (κ2) is 7.83. The van der Waals surface area contributed by atoms with Gasteiger partial charge in [0.2, 0.25) is 0 Å². The summed E-state index contributed by atoms with van der Waals surface area (Å²) in [5.41, 5.74) is -0.406. The van der Waals surface area contributed by atoms with Crippen LogP contribution in [0.4, 0.5) is 18.9 Å². The van der Waals surface area contributed by atoms with E-state index in [1.807, 2.05) is 0 Å². The highest BCUT2D eigenvalue weighted by Gasteiger charge is 2.32. The number of nitrogens with one attached hydrogen (secondary N) is 2. The summed E-state index contributed by atoms with van der Waals surface area (Å²) in [4.78, 5) is 27.1. The third kappa shape index (κ3) is 3.97. The zero-order chi connectivity index (χ0) is 19.6. The lowest BCUT2D eigenvalue weighted by Crippen LogP contribution is -3.19. The maximum atomic E-state index is 13.7. The minimum atomic E-state index is -1.63. The number of carbonyl (C=O) groups is 2. The monoisotopic (exact) mass is 382 g/mol. The van der Waals surface area contributed by atoms with Gasteiger partial charge >= 0.3 is 0 Å². The van der Waals surface area contributed by atoms with E-state index < -0.39 is 35.1 Å². The number of carbonyl (C=O) groups excluding carboxylic acids is 2. The van der Waals surface area contributed by atoms with Crippen molar-refractivity contribution < 1.29 is 32.1 Å². The van der Waals surface area contributed by atoms with E-state index in [9.17, 15) is 22.8 Å². The summed E-state index contributed by atoms with van der Waals surface area (Å²) in [6, 6.07) is 4.41. The van der Waals surface area contributed by atoms with Crippen LogP contribution in [0.15, 0.2) is 34.9 Å². The van der Waals surface area contributed by atoms with Gasteiger partial charge in [0.1, 0.15) is 0 Å². The highest BCUT2D eigenvalue weighted by molar-refractivity contribution is 5.94. The van der Waals surface area contributed by atoms with Crippen LogP contribution in [-0.2, 0) is 4.79 Å². The van der Waals surface area contributed by atoms with Gasteiger partial charge in [0.15, 0.2) is 29.3 Å². The predicted octanol–water partition coefficient (Wildman–Crippen LogP) is 1.06. The summed E-state index contributed by atoms with van der Waals surface area (Å²) in [5.74, 6) is -4.84. The molecule has 2 heterocycles. The molecular weight excluding hydrogens is 363 g/mol. The van der Waals surface area contributed by atoms with Crippen LogP contribution < -0.4 is 10.2 Å². The Morgan fingerprint density at radius 2 is 1.85 bits per heavy atom. The number of benzene rings is 1. The molecule has 0 spiro atoms. The summed E-state index contributed by atoms with van der Waals surface area (Å²) in [6.07, 6.45) is 1.43. The molecule has 144 valence electrons. The fraction of sp³-hybridized carbons (Fsp3) is 0.333. The van der Waals surface area contributed by atoms with E-state index in [0.29, 0.717) is 26.2 Å². The first-order valence-corrected chi connectivity index (χ1v) is 8.50. The molecule has 1 saturated heterocycles. The van der Waals surface area contributed by atoms with E-state index in [0.717, 1.165) is 17.0 Å². The van der Waals surface area contributed by atoms with Crippen LogP contribution >= 0.6 is 0 Å². The standard InChI is InChI=1S/C18H18F3N3O3/c1-11(17(25)22-13-5-4-12(19)15(20)16(13)21)23-6-8-24(9-7-23)18(26)14-3-2-10-27-14/h2-5,10-11H,6-9H2,1H3,(H,22,25)/p+1/t11-/m1/s1. The number of piperazine rings is 1. The molecule has 0 aliphatic carbocycles.